The Morgan fingerprint density at radius 1 is 0.438 bits per heavy atom. The van der Waals surface area contributed by atoms with E-state index >= 15 is 0 Å². The van der Waals surface area contributed by atoms with Gasteiger partial charge in [0, 0.05) is 183 Å². The number of nitrogens with one attached hydrogen (secondary N) is 8. The number of amides is 3. The van der Waals surface area contributed by atoms with Gasteiger partial charge in [-0.05, 0) is 192 Å². The lowest BCUT2D eigenvalue weighted by atomic mass is 10.0. The molecule has 10 aromatic heterocycles. The number of aromatic nitrogens is 11. The van der Waals surface area contributed by atoms with Crippen molar-refractivity contribution in [3.8, 4) is 45.0 Å². The zero-order valence-corrected chi connectivity index (χ0v) is 66.3. The van der Waals surface area contributed by atoms with Gasteiger partial charge >= 0.3 is 0 Å². The highest BCUT2D eigenvalue weighted by atomic mass is 32.2. The Bertz CT molecular complexity index is 6690. The molecule has 0 bridgehead atoms. The summed E-state index contributed by atoms with van der Waals surface area (Å²) in [7, 11) is -3.23. The van der Waals surface area contributed by atoms with Gasteiger partial charge in [0.15, 0.2) is 32.4 Å². The van der Waals surface area contributed by atoms with Crippen molar-refractivity contribution in [1.82, 2.24) is 68.3 Å². The summed E-state index contributed by atoms with van der Waals surface area (Å²) < 4.78 is 62.0. The fourth-order valence-electron chi connectivity index (χ4n) is 15.4. The molecule has 16 aromatic rings. The van der Waals surface area contributed by atoms with Crippen molar-refractivity contribution in [2.45, 2.75) is 18.0 Å². The van der Waals surface area contributed by atoms with Crippen molar-refractivity contribution < 1.29 is 41.4 Å². The quantitative estimate of drug-likeness (QED) is 0.0445. The third-order valence-corrected chi connectivity index (χ3v) is 22.7. The number of nitrogens with zero attached hydrogens (tertiary/aromatic N) is 12. The van der Waals surface area contributed by atoms with Crippen molar-refractivity contribution in [3.05, 3.63) is 300 Å². The van der Waals surface area contributed by atoms with Crippen LogP contribution in [0.4, 0.5) is 61.3 Å². The molecule has 15 heterocycles. The van der Waals surface area contributed by atoms with E-state index in [0.29, 0.717) is 88.3 Å². The first kappa shape index (κ1) is 77.4. The number of carbonyl (C=O) groups is 3. The lowest BCUT2D eigenvalue weighted by molar-refractivity contribution is 0.0303. The molecule has 121 heavy (non-hydrogen) atoms. The van der Waals surface area contributed by atoms with Crippen molar-refractivity contribution in [2.75, 3.05) is 116 Å². The highest BCUT2D eigenvalue weighted by Crippen LogP contribution is 2.36. The summed E-state index contributed by atoms with van der Waals surface area (Å²) in [5, 5.41) is 26.1. The Balaban J connectivity index is 0.000000111. The predicted molar refractivity (Wildman–Crippen MR) is 462 cm³/mol. The molecule has 6 aromatic carbocycles. The van der Waals surface area contributed by atoms with E-state index in [9.17, 15) is 32.0 Å². The van der Waals surface area contributed by atoms with E-state index in [1.54, 1.807) is 61.3 Å². The van der Waals surface area contributed by atoms with Gasteiger partial charge in [-0.25, -0.2) is 32.7 Å². The summed E-state index contributed by atoms with van der Waals surface area (Å²) in [4.78, 5) is 74.8. The number of sulfone groups is 1. The summed E-state index contributed by atoms with van der Waals surface area (Å²) in [5.74, 6) is -0.243. The molecular formula is C90H81FN20O9S. The van der Waals surface area contributed by atoms with Crippen molar-refractivity contribution >= 4 is 107 Å². The number of hydrogen-bond acceptors (Lipinski definition) is 20. The lowest BCUT2D eigenvalue weighted by Crippen LogP contribution is -2.40. The van der Waals surface area contributed by atoms with Gasteiger partial charge in [0.1, 0.15) is 5.82 Å². The summed E-state index contributed by atoms with van der Waals surface area (Å²) in [6, 6.07) is 58.8. The largest absolute Gasteiger partial charge is 0.378 e. The summed E-state index contributed by atoms with van der Waals surface area (Å²) in [6.45, 7) is 9.62. The van der Waals surface area contributed by atoms with Gasteiger partial charge in [-0.3, -0.25) is 41.9 Å². The van der Waals surface area contributed by atoms with Crippen LogP contribution in [-0.4, -0.2) is 169 Å². The Morgan fingerprint density at radius 2 is 0.860 bits per heavy atom. The minimum atomic E-state index is -3.23. The number of H-pyrrole nitrogens is 2. The number of imidazole rings is 4. The van der Waals surface area contributed by atoms with E-state index in [4.69, 9.17) is 14.2 Å². The Labute approximate surface area is 692 Å². The summed E-state index contributed by atoms with van der Waals surface area (Å²) in [5.41, 5.74) is 23.5. The van der Waals surface area contributed by atoms with Crippen LogP contribution < -0.4 is 47.3 Å². The third-order valence-electron chi connectivity index (χ3n) is 21.6. The SMILES string of the molecule is CS(=O)(=O)c1ccc(Nc2ccc(-c3ccc(=O)[nH]c3)n3ccnc23)cc1.Fc1cc(Nc2ccc(-c3cn[nH]c3)n3ccnc23)ccc1N1CCOCC1.O=C1NCc2cc(-c3ccc(Nc4ccc(C(=O)N5CCOCC5)cc4)c4nccn34)ccc21.O=C1NCc2cc(-c3ccc(Nc4ccc(N5CCOCC5)cc4)c4nccn34)ccc21. The van der Waals surface area contributed by atoms with Gasteiger partial charge in [-0.15, -0.1) is 0 Å². The van der Waals surface area contributed by atoms with E-state index in [0.717, 1.165) is 150 Å². The van der Waals surface area contributed by atoms with Crippen LogP contribution in [0.5, 0.6) is 0 Å². The summed E-state index contributed by atoms with van der Waals surface area (Å²) in [6.07, 6.45) is 21.1. The van der Waals surface area contributed by atoms with Crippen LogP contribution in [0.15, 0.2) is 266 Å². The van der Waals surface area contributed by atoms with Crippen LogP contribution in [0.2, 0.25) is 0 Å². The van der Waals surface area contributed by atoms with Gasteiger partial charge in [0.2, 0.25) is 5.56 Å². The third kappa shape index (κ3) is 16.7. The zero-order valence-electron chi connectivity index (χ0n) is 65.5. The number of halogens is 1. The monoisotopic (exact) mass is 1640 g/mol. The lowest BCUT2D eigenvalue weighted by Gasteiger charge is -2.29. The smallest absolute Gasteiger partial charge is 0.254 e. The topological polar surface area (TPSA) is 326 Å². The van der Waals surface area contributed by atoms with Crippen molar-refractivity contribution in [2.24, 2.45) is 0 Å². The molecule has 0 unspecified atom stereocenters. The molecule has 21 rings (SSSR count). The van der Waals surface area contributed by atoms with Gasteiger partial charge in [-0.2, -0.15) is 5.10 Å². The van der Waals surface area contributed by atoms with E-state index in [-0.39, 0.29) is 34.0 Å². The number of pyridine rings is 5. The molecule has 0 aliphatic carbocycles. The Morgan fingerprint density at radius 3 is 1.31 bits per heavy atom. The molecule has 3 amide bonds. The second-order valence-electron chi connectivity index (χ2n) is 29.2. The van der Waals surface area contributed by atoms with Gasteiger partial charge < -0.3 is 65.8 Å². The number of morpholine rings is 3. The van der Waals surface area contributed by atoms with E-state index in [1.807, 2.05) is 157 Å². The first-order valence-corrected chi connectivity index (χ1v) is 41.3. The number of fused-ring (bicyclic) bond motifs is 6. The van der Waals surface area contributed by atoms with Gasteiger partial charge in [0.05, 0.1) is 102 Å². The first-order valence-electron chi connectivity index (χ1n) is 39.4. The molecule has 0 spiro atoms. The van der Waals surface area contributed by atoms with Crippen molar-refractivity contribution in [3.63, 3.8) is 0 Å². The normalized spacial score (nSPS) is 14.4. The van der Waals surface area contributed by atoms with E-state index in [2.05, 4.69) is 125 Å². The minimum absolute atomic E-state index is 0.00138. The van der Waals surface area contributed by atoms with Crippen LogP contribution in [0, 0.1) is 5.82 Å². The van der Waals surface area contributed by atoms with Crippen LogP contribution in [0.25, 0.3) is 67.6 Å². The molecule has 0 radical (unpaired) electrons. The maximum atomic E-state index is 14.7. The standard InChI is InChI=1S/C26H23N5O3.C25H23N5O2.C20H19FN6O.C19H16N4O3S/c32-25-21-6-3-18(15-19(21)16-28-25)23-8-7-22(24-27-9-10-31(23)24)29-20-4-1-17(2-5-20)26(33)30-11-13-34-14-12-30;31-25-21-6-1-17(15-18(21)16-27-25)23-8-7-22(24-26-9-10-30(23)24)28-19-2-4-20(5-3-19)29-11-13-32-14-12-29;21-16-11-15(1-3-19(16)26-7-9-28-10-8-26)25-17-2-4-18(14-12-23-24-13-14)27-6-5-22-20(17)27;1-27(25,26)15-5-3-14(4-6-15)22-16-7-8-17(23-11-10-20-19(16)23)13-2-9-18(24)21-12-13/h1-10,15,29H,11-14,16H2,(H,28,32);1-10,15,28H,11-14,16H2,(H,27,31);1-6,11-13,25H,7-10H2,(H,23,24);2-12,22H,1H3,(H,21,24). The highest BCUT2D eigenvalue weighted by molar-refractivity contribution is 7.90. The molecule has 0 atom stereocenters. The number of anilines is 10. The summed E-state index contributed by atoms with van der Waals surface area (Å²) >= 11 is 0. The highest BCUT2D eigenvalue weighted by Gasteiger charge is 2.25. The number of carbonyl (C=O) groups excluding carboxylic acids is 3. The molecule has 8 N–H and O–H groups in total. The second kappa shape index (κ2) is 34.0. The van der Waals surface area contributed by atoms with Gasteiger partial charge in [-0.1, -0.05) is 12.1 Å². The fourth-order valence-corrected chi connectivity index (χ4v) is 16.0. The molecule has 29 nitrogen and oxygen atoms in total. The van der Waals surface area contributed by atoms with Gasteiger partial charge in [0.25, 0.3) is 17.7 Å². The number of hydrogen-bond donors (Lipinski definition) is 8. The minimum Gasteiger partial charge on any atom is -0.378 e. The van der Waals surface area contributed by atoms with E-state index < -0.39 is 9.84 Å². The molecule has 0 saturated carbocycles. The number of benzene rings is 6. The van der Waals surface area contributed by atoms with Crippen LogP contribution >= 0.6 is 0 Å². The molecule has 5 aliphatic rings. The Hall–Kier alpha value is -14.8. The van der Waals surface area contributed by atoms with Crippen molar-refractivity contribution in [1.29, 1.82) is 0 Å². The Kier molecular flexibility index (Phi) is 21.8. The molecule has 3 saturated heterocycles. The number of rotatable bonds is 16. The molecule has 608 valence electrons. The van der Waals surface area contributed by atoms with Crippen LogP contribution in [-0.2, 0) is 37.1 Å². The maximum absolute atomic E-state index is 14.7. The maximum Gasteiger partial charge on any atom is 0.254 e. The number of ether oxygens (including phenoxy) is 3. The van der Waals surface area contributed by atoms with Crippen LogP contribution in [0.3, 0.4) is 0 Å². The van der Waals surface area contributed by atoms with Crippen LogP contribution in [0.1, 0.15) is 42.2 Å². The molecule has 3 fully saturated rings. The fraction of sp³-hybridized carbons (Fsp3) is 0.167. The first-order chi connectivity index (χ1) is 59.1. The zero-order chi connectivity index (χ0) is 82.5. The molecule has 31 heteroatoms. The molecular weight excluding hydrogens is 1560 g/mol. The molecule has 5 aliphatic heterocycles. The van der Waals surface area contributed by atoms with E-state index in [1.165, 1.54) is 24.1 Å². The second-order valence-corrected chi connectivity index (χ2v) is 31.3. The average Bonchev–Trinajstić information content (AvgIpc) is 1.72. The average molecular weight is 1640 g/mol. The number of aromatic amines is 2. The predicted octanol–water partition coefficient (Wildman–Crippen LogP) is 13.6.